The number of hydrogen-bond donors (Lipinski definition) is 1. The molecule has 2 aromatic heterocycles. The first-order valence-electron chi connectivity index (χ1n) is 9.97. The number of nitrogens with zero attached hydrogens (tertiary/aromatic N) is 4. The van der Waals surface area contributed by atoms with Gasteiger partial charge in [-0.25, -0.2) is 0 Å². The van der Waals surface area contributed by atoms with E-state index in [1.165, 1.54) is 5.56 Å². The molecule has 1 saturated heterocycles. The average Bonchev–Trinajstić information content (AvgIpc) is 3.22. The number of hydrogen-bond acceptors (Lipinski definition) is 6. The molecule has 3 aromatic rings. The number of nitrogens with one attached hydrogen (secondary N) is 1. The third kappa shape index (κ3) is 5.06. The van der Waals surface area contributed by atoms with Gasteiger partial charge in [0.1, 0.15) is 0 Å². The predicted octanol–water partition coefficient (Wildman–Crippen LogP) is 2.97. The van der Waals surface area contributed by atoms with Crippen LogP contribution in [0.3, 0.4) is 0 Å². The zero-order valence-electron chi connectivity index (χ0n) is 16.5. The van der Waals surface area contributed by atoms with Crippen LogP contribution in [0.25, 0.3) is 11.5 Å². The van der Waals surface area contributed by atoms with Crippen molar-refractivity contribution in [3.05, 3.63) is 65.7 Å². The minimum absolute atomic E-state index is 0.0315. The maximum Gasteiger partial charge on any atom is 0.257 e. The molecule has 0 saturated carbocycles. The SMILES string of the molecule is Cc1ccc(-c2nc(CN3CCCC(C(=O)NCc4ccccn4)C3)no2)cc1. The Morgan fingerprint density at radius 2 is 2.10 bits per heavy atom. The van der Waals surface area contributed by atoms with E-state index in [1.807, 2.05) is 49.4 Å². The minimum atomic E-state index is -0.0315. The molecular weight excluding hydrogens is 366 g/mol. The molecule has 1 N–H and O–H groups in total. The lowest BCUT2D eigenvalue weighted by molar-refractivity contribution is -0.127. The lowest BCUT2D eigenvalue weighted by atomic mass is 9.97. The molecule has 1 unspecified atom stereocenters. The Morgan fingerprint density at radius 1 is 1.24 bits per heavy atom. The second kappa shape index (κ2) is 8.96. The summed E-state index contributed by atoms with van der Waals surface area (Å²) in [6, 6.07) is 13.7. The van der Waals surface area contributed by atoms with Crippen LogP contribution in [0, 0.1) is 12.8 Å². The Kier molecular flexibility index (Phi) is 5.95. The van der Waals surface area contributed by atoms with Crippen LogP contribution < -0.4 is 5.32 Å². The second-order valence-electron chi connectivity index (χ2n) is 7.49. The summed E-state index contributed by atoms with van der Waals surface area (Å²) in [6.45, 7) is 4.71. The molecule has 1 aromatic carbocycles. The van der Waals surface area contributed by atoms with Crippen LogP contribution in [-0.2, 0) is 17.9 Å². The summed E-state index contributed by atoms with van der Waals surface area (Å²) in [5.41, 5.74) is 2.97. The first-order valence-corrected chi connectivity index (χ1v) is 9.97. The van der Waals surface area contributed by atoms with Crippen LogP contribution in [0.4, 0.5) is 0 Å². The van der Waals surface area contributed by atoms with Gasteiger partial charge in [0.2, 0.25) is 5.91 Å². The zero-order chi connectivity index (χ0) is 20.1. The summed E-state index contributed by atoms with van der Waals surface area (Å²) in [6.07, 6.45) is 3.61. The fraction of sp³-hybridized carbons (Fsp3) is 0.364. The first-order chi connectivity index (χ1) is 14.2. The minimum Gasteiger partial charge on any atom is -0.350 e. The molecule has 1 fully saturated rings. The van der Waals surface area contributed by atoms with Crippen LogP contribution in [0.2, 0.25) is 0 Å². The summed E-state index contributed by atoms with van der Waals surface area (Å²) in [5.74, 6) is 1.22. The molecule has 1 aliphatic rings. The molecule has 1 amide bonds. The number of amides is 1. The maximum absolute atomic E-state index is 12.6. The molecule has 4 rings (SSSR count). The number of piperidine rings is 1. The Labute approximate surface area is 170 Å². The number of pyridine rings is 1. The van der Waals surface area contributed by atoms with E-state index in [0.29, 0.717) is 31.3 Å². The van der Waals surface area contributed by atoms with Crippen LogP contribution in [0.15, 0.2) is 53.2 Å². The van der Waals surface area contributed by atoms with E-state index in [2.05, 4.69) is 25.3 Å². The van der Waals surface area contributed by atoms with Crippen molar-refractivity contribution in [1.82, 2.24) is 25.3 Å². The molecule has 7 heteroatoms. The Hall–Kier alpha value is -3.06. The third-order valence-corrected chi connectivity index (χ3v) is 5.18. The Bertz CT molecular complexity index is 939. The number of carbonyl (C=O) groups excluding carboxylic acids is 1. The van der Waals surface area contributed by atoms with Crippen molar-refractivity contribution in [2.45, 2.75) is 32.9 Å². The van der Waals surface area contributed by atoms with E-state index in [0.717, 1.165) is 30.6 Å². The Morgan fingerprint density at radius 3 is 2.90 bits per heavy atom. The van der Waals surface area contributed by atoms with Gasteiger partial charge in [0.05, 0.1) is 24.7 Å². The van der Waals surface area contributed by atoms with Gasteiger partial charge >= 0.3 is 0 Å². The highest BCUT2D eigenvalue weighted by Crippen LogP contribution is 2.21. The number of aryl methyl sites for hydroxylation is 1. The van der Waals surface area contributed by atoms with Crippen LogP contribution in [0.5, 0.6) is 0 Å². The van der Waals surface area contributed by atoms with Gasteiger partial charge in [-0.1, -0.05) is 28.9 Å². The van der Waals surface area contributed by atoms with Crippen molar-refractivity contribution in [1.29, 1.82) is 0 Å². The fourth-order valence-corrected chi connectivity index (χ4v) is 3.57. The van der Waals surface area contributed by atoms with E-state index >= 15 is 0 Å². The topological polar surface area (TPSA) is 84.2 Å². The molecule has 3 heterocycles. The summed E-state index contributed by atoms with van der Waals surface area (Å²) >= 11 is 0. The molecular formula is C22H25N5O2. The molecule has 0 aliphatic carbocycles. The highest BCUT2D eigenvalue weighted by molar-refractivity contribution is 5.78. The van der Waals surface area contributed by atoms with Crippen molar-refractivity contribution < 1.29 is 9.32 Å². The lowest BCUT2D eigenvalue weighted by Crippen LogP contribution is -2.42. The van der Waals surface area contributed by atoms with Crippen LogP contribution in [-0.4, -0.2) is 39.0 Å². The van der Waals surface area contributed by atoms with Gasteiger partial charge in [-0.2, -0.15) is 4.98 Å². The molecule has 29 heavy (non-hydrogen) atoms. The monoisotopic (exact) mass is 391 g/mol. The highest BCUT2D eigenvalue weighted by Gasteiger charge is 2.26. The van der Waals surface area contributed by atoms with E-state index in [-0.39, 0.29) is 11.8 Å². The van der Waals surface area contributed by atoms with Gasteiger partial charge in [0.25, 0.3) is 5.89 Å². The van der Waals surface area contributed by atoms with Gasteiger partial charge in [-0.15, -0.1) is 0 Å². The summed E-state index contributed by atoms with van der Waals surface area (Å²) in [5, 5.41) is 7.12. The molecule has 1 atom stereocenters. The van der Waals surface area contributed by atoms with Crippen molar-refractivity contribution >= 4 is 5.91 Å². The van der Waals surface area contributed by atoms with Gasteiger partial charge < -0.3 is 9.84 Å². The second-order valence-corrected chi connectivity index (χ2v) is 7.49. The van der Waals surface area contributed by atoms with E-state index in [1.54, 1.807) is 6.20 Å². The molecule has 0 radical (unpaired) electrons. The average molecular weight is 391 g/mol. The Balaban J connectivity index is 1.32. The summed E-state index contributed by atoms with van der Waals surface area (Å²) in [7, 11) is 0. The number of carbonyl (C=O) groups is 1. The van der Waals surface area contributed by atoms with E-state index in [9.17, 15) is 4.79 Å². The zero-order valence-corrected chi connectivity index (χ0v) is 16.5. The molecule has 1 aliphatic heterocycles. The first kappa shape index (κ1) is 19.3. The van der Waals surface area contributed by atoms with Gasteiger partial charge in [0, 0.05) is 18.3 Å². The number of benzene rings is 1. The summed E-state index contributed by atoms with van der Waals surface area (Å²) in [4.78, 5) is 23.6. The highest BCUT2D eigenvalue weighted by atomic mass is 16.5. The number of likely N-dealkylation sites (tertiary alicyclic amines) is 1. The van der Waals surface area contributed by atoms with Crippen molar-refractivity contribution in [3.63, 3.8) is 0 Å². The van der Waals surface area contributed by atoms with Crippen molar-refractivity contribution in [2.24, 2.45) is 5.92 Å². The quantitative estimate of drug-likeness (QED) is 0.695. The smallest absolute Gasteiger partial charge is 0.257 e. The molecule has 150 valence electrons. The predicted molar refractivity (Wildman–Crippen MR) is 109 cm³/mol. The van der Waals surface area contributed by atoms with Crippen LogP contribution in [0.1, 0.15) is 29.9 Å². The molecule has 0 bridgehead atoms. The lowest BCUT2D eigenvalue weighted by Gasteiger charge is -2.31. The standard InChI is InChI=1S/C22H25N5O2/c1-16-7-9-17(10-8-16)22-25-20(26-29-22)15-27-12-4-5-18(14-27)21(28)24-13-19-6-2-3-11-23-19/h2-3,6-11,18H,4-5,12-15H2,1H3,(H,24,28). The number of aromatic nitrogens is 3. The van der Waals surface area contributed by atoms with E-state index in [4.69, 9.17) is 4.52 Å². The third-order valence-electron chi connectivity index (χ3n) is 5.18. The van der Waals surface area contributed by atoms with Gasteiger partial charge in [-0.3, -0.25) is 14.7 Å². The van der Waals surface area contributed by atoms with E-state index < -0.39 is 0 Å². The largest absolute Gasteiger partial charge is 0.350 e. The summed E-state index contributed by atoms with van der Waals surface area (Å²) < 4.78 is 5.42. The normalized spacial score (nSPS) is 17.2. The molecule has 7 nitrogen and oxygen atoms in total. The number of rotatable bonds is 6. The van der Waals surface area contributed by atoms with Crippen molar-refractivity contribution in [3.8, 4) is 11.5 Å². The fourth-order valence-electron chi connectivity index (χ4n) is 3.57. The van der Waals surface area contributed by atoms with Gasteiger partial charge in [0.15, 0.2) is 5.82 Å². The molecule has 0 spiro atoms. The van der Waals surface area contributed by atoms with Crippen LogP contribution >= 0.6 is 0 Å². The van der Waals surface area contributed by atoms with Crippen molar-refractivity contribution in [2.75, 3.05) is 13.1 Å². The maximum atomic E-state index is 12.6. The van der Waals surface area contributed by atoms with Gasteiger partial charge in [-0.05, 0) is 50.6 Å².